The van der Waals surface area contributed by atoms with Crippen LogP contribution in [0.1, 0.15) is 16.8 Å². The monoisotopic (exact) mass is 235 g/mol. The summed E-state index contributed by atoms with van der Waals surface area (Å²) in [6, 6.07) is 4.80. The molecule has 1 aromatic carbocycles. The van der Waals surface area contributed by atoms with Crippen molar-refractivity contribution in [3.8, 4) is 0 Å². The van der Waals surface area contributed by atoms with Gasteiger partial charge < -0.3 is 15.5 Å². The second-order valence-corrected chi connectivity index (χ2v) is 4.36. The molecule has 0 bridgehead atoms. The predicted octanol–water partition coefficient (Wildman–Crippen LogP) is 0.695. The number of nitrogens with zero attached hydrogens (tertiary/aromatic N) is 1. The lowest BCUT2D eigenvalue weighted by Crippen LogP contribution is -2.53. The van der Waals surface area contributed by atoms with Crippen LogP contribution in [0.2, 0.25) is 0 Å². The molecule has 1 saturated heterocycles. The zero-order valence-corrected chi connectivity index (χ0v) is 9.37. The molecule has 0 aromatic heterocycles. The molecule has 1 aromatic rings. The van der Waals surface area contributed by atoms with Crippen molar-refractivity contribution >= 4 is 11.6 Å². The van der Waals surface area contributed by atoms with E-state index in [9.17, 15) is 9.18 Å². The van der Waals surface area contributed by atoms with Crippen LogP contribution in [0.4, 0.5) is 10.1 Å². The van der Waals surface area contributed by atoms with Gasteiger partial charge in [0.15, 0.2) is 0 Å². The zero-order valence-electron chi connectivity index (χ0n) is 9.37. The summed E-state index contributed by atoms with van der Waals surface area (Å²) in [7, 11) is 0. The summed E-state index contributed by atoms with van der Waals surface area (Å²) >= 11 is 0. The van der Waals surface area contributed by atoms with Gasteiger partial charge in [0.05, 0.1) is 11.3 Å². The molecule has 2 aliphatic rings. The smallest absolute Gasteiger partial charge is 0.257 e. The summed E-state index contributed by atoms with van der Waals surface area (Å²) in [5, 5.41) is 6.14. The first kappa shape index (κ1) is 10.5. The quantitative estimate of drug-likeness (QED) is 0.695. The second-order valence-electron chi connectivity index (χ2n) is 4.36. The molecule has 2 aliphatic heterocycles. The fourth-order valence-corrected chi connectivity index (χ4v) is 2.51. The fraction of sp³-hybridized carbons (Fsp3) is 0.417. The van der Waals surface area contributed by atoms with Gasteiger partial charge in [0, 0.05) is 13.1 Å². The normalized spacial score (nSPS) is 23.5. The molecule has 3 rings (SSSR count). The minimum Gasteiger partial charge on any atom is -0.349 e. The number of anilines is 1. The largest absolute Gasteiger partial charge is 0.349 e. The van der Waals surface area contributed by atoms with Crippen LogP contribution in [-0.2, 0) is 0 Å². The molecule has 1 amide bonds. The highest BCUT2D eigenvalue weighted by Gasteiger charge is 2.33. The Bertz CT molecular complexity index is 463. The summed E-state index contributed by atoms with van der Waals surface area (Å²) in [5.74, 6) is -0.753. The van der Waals surface area contributed by atoms with E-state index in [1.807, 2.05) is 6.07 Å². The third-order valence-electron chi connectivity index (χ3n) is 3.33. The Hall–Kier alpha value is -1.62. The van der Waals surface area contributed by atoms with Gasteiger partial charge in [-0.15, -0.1) is 0 Å². The van der Waals surface area contributed by atoms with Crippen LogP contribution in [0.15, 0.2) is 18.2 Å². The molecule has 2 heterocycles. The third kappa shape index (κ3) is 1.67. The average Bonchev–Trinajstić information content (AvgIpc) is 2.54. The lowest BCUT2D eigenvalue weighted by Gasteiger charge is -2.37. The summed E-state index contributed by atoms with van der Waals surface area (Å²) in [5.41, 5.74) is 0.883. The van der Waals surface area contributed by atoms with E-state index in [1.54, 1.807) is 6.07 Å². The first-order chi connectivity index (χ1) is 8.27. The van der Waals surface area contributed by atoms with Gasteiger partial charge >= 0.3 is 0 Å². The molecule has 0 radical (unpaired) electrons. The molecule has 1 atom stereocenters. The minimum absolute atomic E-state index is 0.0215. The summed E-state index contributed by atoms with van der Waals surface area (Å²) in [6.45, 7) is 2.50. The van der Waals surface area contributed by atoms with Gasteiger partial charge in [0.25, 0.3) is 5.91 Å². The van der Waals surface area contributed by atoms with E-state index >= 15 is 0 Å². The van der Waals surface area contributed by atoms with Crippen LogP contribution in [0.5, 0.6) is 0 Å². The van der Waals surface area contributed by atoms with E-state index in [2.05, 4.69) is 15.5 Å². The van der Waals surface area contributed by atoms with E-state index in [1.165, 1.54) is 6.07 Å². The van der Waals surface area contributed by atoms with E-state index in [4.69, 9.17) is 0 Å². The van der Waals surface area contributed by atoms with Crippen molar-refractivity contribution in [2.24, 2.45) is 0 Å². The standard InChI is InChI=1S/C12H14FN3O/c13-8-2-1-3-9-11(8)12(17)15-10-4-5-14-6-7-16(9)10/h1-3,10,14H,4-7H2,(H,15,17)/t10-/m0/s1. The van der Waals surface area contributed by atoms with Gasteiger partial charge in [-0.1, -0.05) is 6.07 Å². The maximum atomic E-state index is 13.7. The minimum atomic E-state index is -0.448. The van der Waals surface area contributed by atoms with E-state index < -0.39 is 5.82 Å². The Balaban J connectivity index is 2.08. The van der Waals surface area contributed by atoms with Gasteiger partial charge in [0.1, 0.15) is 12.0 Å². The highest BCUT2D eigenvalue weighted by Crippen LogP contribution is 2.29. The Labute approximate surface area is 98.8 Å². The number of halogens is 1. The van der Waals surface area contributed by atoms with Crippen LogP contribution in [0.3, 0.4) is 0 Å². The number of hydrogen-bond acceptors (Lipinski definition) is 3. The molecular formula is C12H14FN3O. The predicted molar refractivity (Wildman–Crippen MR) is 62.5 cm³/mol. The average molecular weight is 235 g/mol. The van der Waals surface area contributed by atoms with Crippen LogP contribution in [-0.4, -0.2) is 31.7 Å². The van der Waals surface area contributed by atoms with Gasteiger partial charge in [-0.05, 0) is 25.1 Å². The van der Waals surface area contributed by atoms with Gasteiger partial charge in [-0.3, -0.25) is 4.79 Å². The maximum absolute atomic E-state index is 13.7. The van der Waals surface area contributed by atoms with E-state index in [-0.39, 0.29) is 17.6 Å². The zero-order chi connectivity index (χ0) is 11.8. The number of carbonyl (C=O) groups excluding carboxylic acids is 1. The molecule has 1 fully saturated rings. The lowest BCUT2D eigenvalue weighted by molar-refractivity contribution is 0.0922. The maximum Gasteiger partial charge on any atom is 0.257 e. The SMILES string of the molecule is O=C1N[C@@H]2CCNCCN2c2cccc(F)c21. The van der Waals surface area contributed by atoms with Crippen molar-refractivity contribution in [2.45, 2.75) is 12.6 Å². The van der Waals surface area contributed by atoms with Crippen LogP contribution < -0.4 is 15.5 Å². The Morgan fingerprint density at radius 1 is 1.35 bits per heavy atom. The number of hydrogen-bond donors (Lipinski definition) is 2. The molecule has 0 unspecified atom stereocenters. The Morgan fingerprint density at radius 2 is 2.24 bits per heavy atom. The van der Waals surface area contributed by atoms with Crippen LogP contribution in [0, 0.1) is 5.82 Å². The fourth-order valence-electron chi connectivity index (χ4n) is 2.51. The molecule has 90 valence electrons. The highest BCUT2D eigenvalue weighted by molar-refractivity contribution is 6.02. The molecule has 4 nitrogen and oxygen atoms in total. The molecule has 0 aliphatic carbocycles. The number of rotatable bonds is 0. The van der Waals surface area contributed by atoms with E-state index in [0.717, 1.165) is 26.1 Å². The molecule has 5 heteroatoms. The summed E-state index contributed by atoms with van der Waals surface area (Å²) < 4.78 is 13.7. The first-order valence-corrected chi connectivity index (χ1v) is 5.84. The van der Waals surface area contributed by atoms with Gasteiger partial charge in [-0.25, -0.2) is 4.39 Å². The lowest BCUT2D eigenvalue weighted by atomic mass is 10.1. The second kappa shape index (κ2) is 4.00. The number of fused-ring (bicyclic) bond motifs is 3. The summed E-state index contributed by atoms with van der Waals surface area (Å²) in [4.78, 5) is 13.9. The Kier molecular flexibility index (Phi) is 2.48. The van der Waals surface area contributed by atoms with Crippen molar-refractivity contribution in [1.82, 2.24) is 10.6 Å². The molecule has 0 spiro atoms. The number of nitrogens with one attached hydrogen (secondary N) is 2. The van der Waals surface area contributed by atoms with Gasteiger partial charge in [-0.2, -0.15) is 0 Å². The highest BCUT2D eigenvalue weighted by atomic mass is 19.1. The van der Waals surface area contributed by atoms with Crippen molar-refractivity contribution < 1.29 is 9.18 Å². The molecule has 2 N–H and O–H groups in total. The first-order valence-electron chi connectivity index (χ1n) is 5.84. The molecule has 0 saturated carbocycles. The molecule has 17 heavy (non-hydrogen) atoms. The van der Waals surface area contributed by atoms with Crippen molar-refractivity contribution in [1.29, 1.82) is 0 Å². The summed E-state index contributed by atoms with van der Waals surface area (Å²) in [6.07, 6.45) is 0.814. The van der Waals surface area contributed by atoms with Crippen molar-refractivity contribution in [3.63, 3.8) is 0 Å². The number of carbonyl (C=O) groups is 1. The third-order valence-corrected chi connectivity index (χ3v) is 3.33. The topological polar surface area (TPSA) is 44.4 Å². The van der Waals surface area contributed by atoms with E-state index in [0.29, 0.717) is 5.69 Å². The van der Waals surface area contributed by atoms with Gasteiger partial charge in [0.2, 0.25) is 0 Å². The van der Waals surface area contributed by atoms with Crippen molar-refractivity contribution in [3.05, 3.63) is 29.6 Å². The number of amides is 1. The molecular weight excluding hydrogens is 221 g/mol. The van der Waals surface area contributed by atoms with Crippen molar-refractivity contribution in [2.75, 3.05) is 24.5 Å². The van der Waals surface area contributed by atoms with Crippen LogP contribution >= 0.6 is 0 Å². The Morgan fingerprint density at radius 3 is 3.12 bits per heavy atom. The van der Waals surface area contributed by atoms with Crippen LogP contribution in [0.25, 0.3) is 0 Å². The number of benzene rings is 1.